The van der Waals surface area contributed by atoms with Crippen LogP contribution in [0.2, 0.25) is 0 Å². The molecule has 108 valence electrons. The Kier molecular flexibility index (Phi) is 5.00. The van der Waals surface area contributed by atoms with Crippen molar-refractivity contribution in [3.63, 3.8) is 0 Å². The van der Waals surface area contributed by atoms with Crippen LogP contribution in [0.25, 0.3) is 0 Å². The summed E-state index contributed by atoms with van der Waals surface area (Å²) in [7, 11) is -3.33. The lowest BCUT2D eigenvalue weighted by Crippen LogP contribution is -2.25. The van der Waals surface area contributed by atoms with Gasteiger partial charge in [-0.2, -0.15) is 0 Å². The lowest BCUT2D eigenvalue weighted by molar-refractivity contribution is 0.552. The van der Waals surface area contributed by atoms with E-state index in [1.807, 2.05) is 0 Å². The van der Waals surface area contributed by atoms with E-state index in [1.54, 1.807) is 11.4 Å². The fraction of sp³-hybridized carbons (Fsp3) is 0.692. The second-order valence-corrected chi connectivity index (χ2v) is 8.25. The van der Waals surface area contributed by atoms with E-state index in [4.69, 9.17) is 0 Å². The largest absolute Gasteiger partial charge is 0.309 e. The van der Waals surface area contributed by atoms with Crippen LogP contribution >= 0.6 is 11.3 Å². The van der Waals surface area contributed by atoms with Gasteiger partial charge in [0.2, 0.25) is 10.0 Å². The lowest BCUT2D eigenvalue weighted by Gasteiger charge is -2.06. The van der Waals surface area contributed by atoms with Gasteiger partial charge in [-0.05, 0) is 31.2 Å². The van der Waals surface area contributed by atoms with E-state index in [2.05, 4.69) is 23.9 Å². The highest BCUT2D eigenvalue weighted by molar-refractivity contribution is 7.89. The van der Waals surface area contributed by atoms with Crippen molar-refractivity contribution < 1.29 is 8.42 Å². The zero-order valence-corrected chi connectivity index (χ0v) is 13.1. The van der Waals surface area contributed by atoms with Crippen LogP contribution in [0.5, 0.6) is 0 Å². The van der Waals surface area contributed by atoms with E-state index >= 15 is 0 Å². The first-order valence-electron chi connectivity index (χ1n) is 6.78. The Balaban J connectivity index is 1.87. The fourth-order valence-corrected chi connectivity index (χ4v) is 3.97. The molecule has 0 atom stereocenters. The summed E-state index contributed by atoms with van der Waals surface area (Å²) in [6.07, 6.45) is 3.35. The first kappa shape index (κ1) is 15.0. The van der Waals surface area contributed by atoms with E-state index in [-0.39, 0.29) is 0 Å². The van der Waals surface area contributed by atoms with E-state index in [0.717, 1.165) is 17.8 Å². The van der Waals surface area contributed by atoms with Crippen LogP contribution in [-0.2, 0) is 16.6 Å². The summed E-state index contributed by atoms with van der Waals surface area (Å²) in [6.45, 7) is 5.45. The molecule has 1 fully saturated rings. The molecular weight excluding hydrogens is 280 g/mol. The second-order valence-electron chi connectivity index (χ2n) is 5.48. The van der Waals surface area contributed by atoms with Gasteiger partial charge < -0.3 is 5.32 Å². The molecule has 0 unspecified atom stereocenters. The van der Waals surface area contributed by atoms with Crippen LogP contribution in [0.3, 0.4) is 0 Å². The minimum absolute atomic E-state index is 0.397. The molecule has 1 aromatic rings. The average molecular weight is 302 g/mol. The second kappa shape index (κ2) is 6.35. The molecule has 2 rings (SSSR count). The van der Waals surface area contributed by atoms with E-state index in [1.165, 1.54) is 24.2 Å². The molecule has 1 aromatic heterocycles. The Hall–Kier alpha value is -0.430. The van der Waals surface area contributed by atoms with Gasteiger partial charge in [0.25, 0.3) is 0 Å². The van der Waals surface area contributed by atoms with Crippen molar-refractivity contribution in [2.45, 2.75) is 50.6 Å². The van der Waals surface area contributed by atoms with Crippen molar-refractivity contribution in [1.82, 2.24) is 10.0 Å². The number of nitrogens with one attached hydrogen (secondary N) is 2. The highest BCUT2D eigenvalue weighted by Crippen LogP contribution is 2.22. The van der Waals surface area contributed by atoms with Gasteiger partial charge in [0, 0.05) is 29.4 Å². The number of sulfonamides is 1. The highest BCUT2D eigenvalue weighted by Gasteiger charge is 2.21. The molecule has 1 aliphatic carbocycles. The zero-order chi connectivity index (χ0) is 13.9. The zero-order valence-electron chi connectivity index (χ0n) is 11.5. The van der Waals surface area contributed by atoms with Gasteiger partial charge in [-0.3, -0.25) is 0 Å². The Morgan fingerprint density at radius 2 is 2.16 bits per heavy atom. The third kappa shape index (κ3) is 4.87. The molecule has 1 aliphatic rings. The monoisotopic (exact) mass is 302 g/mol. The molecule has 1 heterocycles. The third-order valence-corrected chi connectivity index (χ3v) is 5.62. The normalized spacial score (nSPS) is 16.2. The van der Waals surface area contributed by atoms with Gasteiger partial charge >= 0.3 is 0 Å². The topological polar surface area (TPSA) is 58.2 Å². The summed E-state index contributed by atoms with van der Waals surface area (Å²) in [4.78, 5) is 1.48. The SMILES string of the molecule is CC(C)CCNS(=O)(=O)c1csc(CNC2CC2)c1. The van der Waals surface area contributed by atoms with Gasteiger partial charge in [0.1, 0.15) is 0 Å². The molecule has 0 radical (unpaired) electrons. The molecule has 1 saturated carbocycles. The first-order valence-corrected chi connectivity index (χ1v) is 9.14. The molecular formula is C13H22N2O2S2. The van der Waals surface area contributed by atoms with E-state index in [9.17, 15) is 8.42 Å². The summed E-state index contributed by atoms with van der Waals surface area (Å²) in [5, 5.41) is 5.11. The fourth-order valence-electron chi connectivity index (χ4n) is 1.69. The van der Waals surface area contributed by atoms with Crippen molar-refractivity contribution in [3.8, 4) is 0 Å². The Labute approximate surface area is 119 Å². The summed E-state index contributed by atoms with van der Waals surface area (Å²) < 4.78 is 26.8. The van der Waals surface area contributed by atoms with Gasteiger partial charge in [-0.1, -0.05) is 13.8 Å². The molecule has 4 nitrogen and oxygen atoms in total. The summed E-state index contributed by atoms with van der Waals surface area (Å²) in [5.74, 6) is 0.503. The highest BCUT2D eigenvalue weighted by atomic mass is 32.2. The average Bonchev–Trinajstić information content (AvgIpc) is 3.02. The summed E-state index contributed by atoms with van der Waals surface area (Å²) in [5.41, 5.74) is 0. The predicted molar refractivity (Wildman–Crippen MR) is 78.8 cm³/mol. The van der Waals surface area contributed by atoms with E-state index in [0.29, 0.717) is 23.4 Å². The number of hydrogen-bond donors (Lipinski definition) is 2. The Morgan fingerprint density at radius 1 is 1.42 bits per heavy atom. The smallest absolute Gasteiger partial charge is 0.241 e. The van der Waals surface area contributed by atoms with Crippen molar-refractivity contribution in [2.75, 3.05) is 6.54 Å². The number of thiophene rings is 1. The Bertz CT molecular complexity index is 504. The maximum absolute atomic E-state index is 12.1. The lowest BCUT2D eigenvalue weighted by atomic mass is 10.1. The minimum atomic E-state index is -3.33. The number of rotatable bonds is 8. The predicted octanol–water partition coefficient (Wildman–Crippen LogP) is 2.32. The minimum Gasteiger partial charge on any atom is -0.309 e. The van der Waals surface area contributed by atoms with Crippen molar-refractivity contribution in [3.05, 3.63) is 16.3 Å². The quantitative estimate of drug-likeness (QED) is 0.775. The molecule has 0 saturated heterocycles. The molecule has 2 N–H and O–H groups in total. The van der Waals surface area contributed by atoms with Crippen molar-refractivity contribution >= 4 is 21.4 Å². The van der Waals surface area contributed by atoms with Gasteiger partial charge in [0.15, 0.2) is 0 Å². The van der Waals surface area contributed by atoms with Crippen LogP contribution in [0.1, 0.15) is 38.0 Å². The van der Waals surface area contributed by atoms with Crippen LogP contribution in [-0.4, -0.2) is 21.0 Å². The molecule has 0 aliphatic heterocycles. The van der Waals surface area contributed by atoms with Gasteiger partial charge in [-0.15, -0.1) is 11.3 Å². The molecule has 0 amide bonds. The summed E-state index contributed by atoms with van der Waals surface area (Å²) in [6, 6.07) is 2.42. The molecule has 19 heavy (non-hydrogen) atoms. The van der Waals surface area contributed by atoms with Crippen molar-refractivity contribution in [1.29, 1.82) is 0 Å². The molecule has 0 spiro atoms. The van der Waals surface area contributed by atoms with Crippen molar-refractivity contribution in [2.24, 2.45) is 5.92 Å². The third-order valence-electron chi connectivity index (χ3n) is 3.10. The first-order chi connectivity index (χ1) is 8.97. The summed E-state index contributed by atoms with van der Waals surface area (Å²) >= 11 is 1.50. The Morgan fingerprint density at radius 3 is 2.79 bits per heavy atom. The maximum Gasteiger partial charge on any atom is 0.241 e. The van der Waals surface area contributed by atoms with Crippen LogP contribution < -0.4 is 10.0 Å². The number of hydrogen-bond acceptors (Lipinski definition) is 4. The standard InChI is InChI=1S/C13H22N2O2S2/c1-10(2)5-6-15-19(16,17)13-7-12(18-9-13)8-14-11-3-4-11/h7,9-11,14-15H,3-6,8H2,1-2H3. The molecule has 0 aromatic carbocycles. The van der Waals surface area contributed by atoms with Crippen LogP contribution in [0, 0.1) is 5.92 Å². The van der Waals surface area contributed by atoms with E-state index < -0.39 is 10.0 Å². The van der Waals surface area contributed by atoms with Crippen LogP contribution in [0.15, 0.2) is 16.3 Å². The molecule has 6 heteroatoms. The molecule has 0 bridgehead atoms. The van der Waals surface area contributed by atoms with Gasteiger partial charge in [-0.25, -0.2) is 13.1 Å². The van der Waals surface area contributed by atoms with Crippen LogP contribution in [0.4, 0.5) is 0 Å². The maximum atomic E-state index is 12.1. The van der Waals surface area contributed by atoms with Gasteiger partial charge in [0.05, 0.1) is 4.90 Å².